The van der Waals surface area contributed by atoms with Gasteiger partial charge >= 0.3 is 0 Å². The van der Waals surface area contributed by atoms with Gasteiger partial charge in [-0.25, -0.2) is 0 Å². The Balaban J connectivity index is 1.44. The van der Waals surface area contributed by atoms with Crippen molar-refractivity contribution in [1.29, 1.82) is 0 Å². The van der Waals surface area contributed by atoms with Gasteiger partial charge in [0.25, 0.3) is 0 Å². The van der Waals surface area contributed by atoms with Crippen LogP contribution < -0.4 is 14.4 Å². The molecule has 0 atom stereocenters. The normalized spacial score (nSPS) is 15.2. The first kappa shape index (κ1) is 16.9. The molecule has 0 saturated heterocycles. The largest absolute Gasteiger partial charge is 0.454 e. The smallest absolute Gasteiger partial charge is 0.241 e. The molecule has 0 aliphatic carbocycles. The summed E-state index contributed by atoms with van der Waals surface area (Å²) in [5, 5.41) is 0. The number of anilines is 1. The number of hydrogen-bond acceptors (Lipinski definition) is 4. The van der Waals surface area contributed by atoms with Crippen molar-refractivity contribution in [2.24, 2.45) is 0 Å². The summed E-state index contributed by atoms with van der Waals surface area (Å²) in [7, 11) is 0. The van der Waals surface area contributed by atoms with Gasteiger partial charge in [-0.1, -0.05) is 31.2 Å². The van der Waals surface area contributed by atoms with Gasteiger partial charge in [-0.3, -0.25) is 9.69 Å². The van der Waals surface area contributed by atoms with E-state index in [0.29, 0.717) is 13.1 Å². The predicted molar refractivity (Wildman–Crippen MR) is 101 cm³/mol. The average Bonchev–Trinajstić information content (AvgIpc) is 3.14. The van der Waals surface area contributed by atoms with Gasteiger partial charge < -0.3 is 14.4 Å². The average molecular weight is 352 g/mol. The van der Waals surface area contributed by atoms with Crippen molar-refractivity contribution in [2.75, 3.05) is 31.3 Å². The number of carbonyl (C=O) groups excluding carboxylic acids is 1. The SMILES string of the molecule is CCN(CC(=O)N1CCCc2ccccc21)Cc1ccc2c(c1)OCO2. The van der Waals surface area contributed by atoms with E-state index in [1.165, 1.54) is 5.56 Å². The maximum Gasteiger partial charge on any atom is 0.241 e. The Morgan fingerprint density at radius 2 is 2.00 bits per heavy atom. The third-order valence-corrected chi connectivity index (χ3v) is 5.06. The summed E-state index contributed by atoms with van der Waals surface area (Å²) < 4.78 is 10.8. The quantitative estimate of drug-likeness (QED) is 0.829. The molecule has 136 valence electrons. The van der Waals surface area contributed by atoms with Crippen molar-refractivity contribution in [3.63, 3.8) is 0 Å². The van der Waals surface area contributed by atoms with E-state index >= 15 is 0 Å². The minimum Gasteiger partial charge on any atom is -0.454 e. The van der Waals surface area contributed by atoms with Gasteiger partial charge in [0.2, 0.25) is 12.7 Å². The van der Waals surface area contributed by atoms with Gasteiger partial charge in [0, 0.05) is 18.8 Å². The molecular formula is C21H24N2O3. The second-order valence-corrected chi connectivity index (χ2v) is 6.77. The number of aryl methyl sites for hydroxylation is 1. The van der Waals surface area contributed by atoms with Crippen LogP contribution in [0.3, 0.4) is 0 Å². The molecule has 2 heterocycles. The molecule has 2 aliphatic rings. The Kier molecular flexibility index (Phi) is 4.80. The molecule has 0 aromatic heterocycles. The Bertz CT molecular complexity index is 806. The van der Waals surface area contributed by atoms with Gasteiger partial charge in [-0.15, -0.1) is 0 Å². The van der Waals surface area contributed by atoms with Gasteiger partial charge in [-0.2, -0.15) is 0 Å². The minimum atomic E-state index is 0.166. The molecule has 5 nitrogen and oxygen atoms in total. The van der Waals surface area contributed by atoms with E-state index in [1.807, 2.05) is 35.2 Å². The van der Waals surface area contributed by atoms with Crippen LogP contribution in [0.15, 0.2) is 42.5 Å². The fraction of sp³-hybridized carbons (Fsp3) is 0.381. The van der Waals surface area contributed by atoms with Crippen LogP contribution >= 0.6 is 0 Å². The van der Waals surface area contributed by atoms with Crippen molar-refractivity contribution in [3.8, 4) is 11.5 Å². The monoisotopic (exact) mass is 352 g/mol. The van der Waals surface area contributed by atoms with Gasteiger partial charge in [-0.05, 0) is 48.7 Å². The minimum absolute atomic E-state index is 0.166. The molecule has 2 aromatic carbocycles. The highest BCUT2D eigenvalue weighted by Crippen LogP contribution is 2.33. The van der Waals surface area contributed by atoms with Crippen LogP contribution in [-0.4, -0.2) is 37.2 Å². The number of rotatable bonds is 5. The summed E-state index contributed by atoms with van der Waals surface area (Å²) in [6, 6.07) is 14.2. The first-order chi connectivity index (χ1) is 12.7. The summed E-state index contributed by atoms with van der Waals surface area (Å²) in [6.45, 7) is 5.12. The van der Waals surface area contributed by atoms with E-state index in [-0.39, 0.29) is 12.7 Å². The van der Waals surface area contributed by atoms with Crippen molar-refractivity contribution >= 4 is 11.6 Å². The van der Waals surface area contributed by atoms with E-state index < -0.39 is 0 Å². The lowest BCUT2D eigenvalue weighted by atomic mass is 10.0. The molecule has 5 heteroatoms. The van der Waals surface area contributed by atoms with Crippen LogP contribution in [0.4, 0.5) is 5.69 Å². The van der Waals surface area contributed by atoms with Crippen LogP contribution in [0.2, 0.25) is 0 Å². The predicted octanol–water partition coefficient (Wildman–Crippen LogP) is 3.22. The second kappa shape index (κ2) is 7.38. The van der Waals surface area contributed by atoms with E-state index in [0.717, 1.165) is 48.7 Å². The fourth-order valence-electron chi connectivity index (χ4n) is 3.65. The highest BCUT2D eigenvalue weighted by atomic mass is 16.7. The highest BCUT2D eigenvalue weighted by Gasteiger charge is 2.23. The number of likely N-dealkylation sites (N-methyl/N-ethyl adjacent to an activating group) is 1. The molecule has 26 heavy (non-hydrogen) atoms. The Hall–Kier alpha value is -2.53. The van der Waals surface area contributed by atoms with Crippen LogP contribution in [0.25, 0.3) is 0 Å². The molecular weight excluding hydrogens is 328 g/mol. The molecule has 4 rings (SSSR count). The van der Waals surface area contributed by atoms with Crippen LogP contribution in [0, 0.1) is 0 Å². The lowest BCUT2D eigenvalue weighted by Gasteiger charge is -2.31. The lowest BCUT2D eigenvalue weighted by Crippen LogP contribution is -2.42. The van der Waals surface area contributed by atoms with E-state index in [1.54, 1.807) is 0 Å². The summed E-state index contributed by atoms with van der Waals surface area (Å²) in [5.74, 6) is 1.74. The molecule has 0 fully saturated rings. The van der Waals surface area contributed by atoms with E-state index in [2.05, 4.69) is 24.0 Å². The molecule has 0 saturated carbocycles. The number of amides is 1. The molecule has 2 aliphatic heterocycles. The van der Waals surface area contributed by atoms with Gasteiger partial charge in [0.05, 0.1) is 6.54 Å². The first-order valence-corrected chi connectivity index (χ1v) is 9.23. The maximum atomic E-state index is 12.9. The van der Waals surface area contributed by atoms with Gasteiger partial charge in [0.1, 0.15) is 0 Å². The van der Waals surface area contributed by atoms with E-state index in [4.69, 9.17) is 9.47 Å². The zero-order valence-corrected chi connectivity index (χ0v) is 15.1. The van der Waals surface area contributed by atoms with Crippen molar-refractivity contribution in [3.05, 3.63) is 53.6 Å². The van der Waals surface area contributed by atoms with Crippen molar-refractivity contribution in [1.82, 2.24) is 4.90 Å². The highest BCUT2D eigenvalue weighted by molar-refractivity contribution is 5.95. The number of para-hydroxylation sites is 1. The van der Waals surface area contributed by atoms with Crippen LogP contribution in [-0.2, 0) is 17.8 Å². The Morgan fingerprint density at radius 3 is 2.88 bits per heavy atom. The van der Waals surface area contributed by atoms with E-state index in [9.17, 15) is 4.79 Å². The molecule has 1 amide bonds. The summed E-state index contributed by atoms with van der Waals surface area (Å²) in [6.07, 6.45) is 2.08. The zero-order chi connectivity index (χ0) is 17.9. The van der Waals surface area contributed by atoms with Gasteiger partial charge in [0.15, 0.2) is 11.5 Å². The number of hydrogen-bond donors (Lipinski definition) is 0. The summed E-state index contributed by atoms with van der Waals surface area (Å²) in [5.41, 5.74) is 3.47. The molecule has 0 bridgehead atoms. The number of nitrogens with zero attached hydrogens (tertiary/aromatic N) is 2. The number of carbonyl (C=O) groups is 1. The first-order valence-electron chi connectivity index (χ1n) is 9.23. The Morgan fingerprint density at radius 1 is 1.15 bits per heavy atom. The third kappa shape index (κ3) is 3.40. The molecule has 0 N–H and O–H groups in total. The number of fused-ring (bicyclic) bond motifs is 2. The Labute approximate surface area is 154 Å². The number of ether oxygens (including phenoxy) is 2. The third-order valence-electron chi connectivity index (χ3n) is 5.06. The van der Waals surface area contributed by atoms with Crippen molar-refractivity contribution < 1.29 is 14.3 Å². The molecule has 0 unspecified atom stereocenters. The summed E-state index contributed by atoms with van der Waals surface area (Å²) in [4.78, 5) is 17.1. The standard InChI is InChI=1S/C21H24N2O3/c1-2-22(13-16-9-10-19-20(12-16)26-15-25-19)14-21(24)23-11-5-7-17-6-3-4-8-18(17)23/h3-4,6,8-10,12H,2,5,7,11,13-15H2,1H3. The molecule has 0 spiro atoms. The zero-order valence-electron chi connectivity index (χ0n) is 15.1. The molecule has 2 aromatic rings. The van der Waals surface area contributed by atoms with Crippen LogP contribution in [0.1, 0.15) is 24.5 Å². The molecule has 0 radical (unpaired) electrons. The summed E-state index contributed by atoms with van der Waals surface area (Å²) >= 11 is 0. The maximum absolute atomic E-state index is 12.9. The van der Waals surface area contributed by atoms with Crippen LogP contribution in [0.5, 0.6) is 11.5 Å². The lowest BCUT2D eigenvalue weighted by molar-refractivity contribution is -0.119. The second-order valence-electron chi connectivity index (χ2n) is 6.77. The topological polar surface area (TPSA) is 42.0 Å². The number of benzene rings is 2. The fourth-order valence-corrected chi connectivity index (χ4v) is 3.65. The van der Waals surface area contributed by atoms with Crippen molar-refractivity contribution in [2.45, 2.75) is 26.3 Å².